The number of benzene rings is 1. The normalized spacial score (nSPS) is 12.0. The minimum Gasteiger partial charge on any atom is -0.478 e. The van der Waals surface area contributed by atoms with Crippen molar-refractivity contribution in [1.82, 2.24) is 0 Å². The highest BCUT2D eigenvalue weighted by atomic mass is 19.1. The number of aliphatic carboxylic acids is 1. The third-order valence-electron chi connectivity index (χ3n) is 2.14. The Kier molecular flexibility index (Phi) is 4.62. The van der Waals surface area contributed by atoms with Gasteiger partial charge in [0, 0.05) is 11.6 Å². The van der Waals surface area contributed by atoms with E-state index >= 15 is 0 Å². The topological polar surface area (TPSA) is 46.5 Å². The Morgan fingerprint density at radius 3 is 2.67 bits per heavy atom. The molecule has 0 aliphatic carbocycles. The van der Waals surface area contributed by atoms with Crippen molar-refractivity contribution in [2.75, 3.05) is 0 Å². The van der Waals surface area contributed by atoms with Gasteiger partial charge in [-0.3, -0.25) is 0 Å². The van der Waals surface area contributed by atoms with E-state index in [1.54, 1.807) is 12.1 Å². The minimum absolute atomic E-state index is 0.243. The minimum atomic E-state index is -1.11. The fourth-order valence-electron chi connectivity index (χ4n) is 1.27. The number of carboxylic acids is 1. The number of hydrogen-bond acceptors (Lipinski definition) is 2. The second kappa shape index (κ2) is 5.78. The van der Waals surface area contributed by atoms with Crippen LogP contribution < -0.4 is 0 Å². The molecule has 18 heavy (non-hydrogen) atoms. The molecule has 0 fully saturated rings. The number of rotatable bonds is 4. The van der Waals surface area contributed by atoms with E-state index in [1.807, 2.05) is 20.8 Å². The summed E-state index contributed by atoms with van der Waals surface area (Å²) in [6.07, 6.45) is 2.14. The van der Waals surface area contributed by atoms with Gasteiger partial charge >= 0.3 is 5.97 Å². The zero-order chi connectivity index (χ0) is 13.8. The molecular formula is C14H17FO3. The summed E-state index contributed by atoms with van der Waals surface area (Å²) in [7, 11) is 0. The molecule has 0 bridgehead atoms. The van der Waals surface area contributed by atoms with Crippen LogP contribution in [0.4, 0.5) is 4.39 Å². The van der Waals surface area contributed by atoms with Crippen molar-refractivity contribution in [3.05, 3.63) is 41.2 Å². The summed E-state index contributed by atoms with van der Waals surface area (Å²) in [6, 6.07) is 4.52. The zero-order valence-electron chi connectivity index (χ0n) is 10.7. The number of halogens is 1. The largest absolute Gasteiger partial charge is 0.478 e. The monoisotopic (exact) mass is 252 g/mol. The molecule has 4 heteroatoms. The van der Waals surface area contributed by atoms with Crippen molar-refractivity contribution in [3.8, 4) is 0 Å². The lowest BCUT2D eigenvalue weighted by atomic mass is 10.1. The van der Waals surface area contributed by atoms with Crippen molar-refractivity contribution < 1.29 is 19.0 Å². The van der Waals surface area contributed by atoms with Gasteiger partial charge in [0.25, 0.3) is 0 Å². The van der Waals surface area contributed by atoms with Gasteiger partial charge in [0.2, 0.25) is 0 Å². The molecule has 0 heterocycles. The third kappa shape index (κ3) is 5.10. The summed E-state index contributed by atoms with van der Waals surface area (Å²) < 4.78 is 19.0. The fourth-order valence-corrected chi connectivity index (χ4v) is 1.27. The van der Waals surface area contributed by atoms with E-state index in [4.69, 9.17) is 9.84 Å². The third-order valence-corrected chi connectivity index (χ3v) is 2.14. The first-order valence-corrected chi connectivity index (χ1v) is 5.61. The Hall–Kier alpha value is -1.68. The van der Waals surface area contributed by atoms with Gasteiger partial charge in [-0.15, -0.1) is 0 Å². The summed E-state index contributed by atoms with van der Waals surface area (Å²) in [5.41, 5.74) is 0.773. The maximum Gasteiger partial charge on any atom is 0.328 e. The summed E-state index contributed by atoms with van der Waals surface area (Å²) in [4.78, 5) is 10.4. The lowest BCUT2D eigenvalue weighted by Crippen LogP contribution is -2.18. The zero-order valence-corrected chi connectivity index (χ0v) is 10.7. The summed E-state index contributed by atoms with van der Waals surface area (Å²) in [5, 5.41) is 8.51. The van der Waals surface area contributed by atoms with Gasteiger partial charge in [-0.1, -0.05) is 6.07 Å². The van der Waals surface area contributed by atoms with E-state index in [-0.39, 0.29) is 11.2 Å². The van der Waals surface area contributed by atoms with Crippen LogP contribution in [0.3, 0.4) is 0 Å². The molecule has 0 saturated heterocycles. The molecule has 3 nitrogen and oxygen atoms in total. The van der Waals surface area contributed by atoms with Gasteiger partial charge in [0.15, 0.2) is 0 Å². The molecular weight excluding hydrogens is 235 g/mol. The Labute approximate surface area is 106 Å². The van der Waals surface area contributed by atoms with Crippen molar-refractivity contribution in [1.29, 1.82) is 0 Å². The van der Waals surface area contributed by atoms with Crippen molar-refractivity contribution in [2.24, 2.45) is 0 Å². The number of ether oxygens (including phenoxy) is 1. The molecule has 0 radical (unpaired) electrons. The van der Waals surface area contributed by atoms with Crippen LogP contribution in [0.25, 0.3) is 6.08 Å². The van der Waals surface area contributed by atoms with Gasteiger partial charge in [-0.2, -0.15) is 0 Å². The first kappa shape index (κ1) is 14.4. The molecule has 0 spiro atoms. The first-order chi connectivity index (χ1) is 8.28. The van der Waals surface area contributed by atoms with Gasteiger partial charge < -0.3 is 9.84 Å². The van der Waals surface area contributed by atoms with Crippen molar-refractivity contribution in [3.63, 3.8) is 0 Å². The van der Waals surface area contributed by atoms with Gasteiger partial charge in [-0.25, -0.2) is 9.18 Å². The SMILES string of the molecule is CC(C)(C)OCc1ccc(F)c(C=CC(=O)O)c1. The van der Waals surface area contributed by atoms with Crippen molar-refractivity contribution in [2.45, 2.75) is 33.0 Å². The van der Waals surface area contributed by atoms with Crippen molar-refractivity contribution >= 4 is 12.0 Å². The van der Waals surface area contributed by atoms with Crippen LogP contribution in [-0.2, 0) is 16.1 Å². The van der Waals surface area contributed by atoms with Crippen LogP contribution in [0, 0.1) is 5.82 Å². The lowest BCUT2D eigenvalue weighted by molar-refractivity contribution is -0.131. The highest BCUT2D eigenvalue weighted by Crippen LogP contribution is 2.16. The average Bonchev–Trinajstić information content (AvgIpc) is 2.25. The molecule has 0 atom stereocenters. The molecule has 1 aromatic carbocycles. The molecule has 0 unspecified atom stereocenters. The average molecular weight is 252 g/mol. The van der Waals surface area contributed by atoms with Crippen LogP contribution in [0.5, 0.6) is 0 Å². The molecule has 0 aliphatic rings. The van der Waals surface area contributed by atoms with E-state index in [2.05, 4.69) is 0 Å². The predicted octanol–water partition coefficient (Wildman–Crippen LogP) is 3.24. The highest BCUT2D eigenvalue weighted by molar-refractivity contribution is 5.85. The summed E-state index contributed by atoms with van der Waals surface area (Å²) >= 11 is 0. The molecule has 0 aliphatic heterocycles. The van der Waals surface area contributed by atoms with E-state index in [0.29, 0.717) is 6.61 Å². The van der Waals surface area contributed by atoms with E-state index in [0.717, 1.165) is 11.6 Å². The molecule has 1 rings (SSSR count). The molecule has 1 aromatic rings. The Morgan fingerprint density at radius 2 is 2.11 bits per heavy atom. The van der Waals surface area contributed by atoms with Gasteiger partial charge in [0.1, 0.15) is 5.82 Å². The maximum absolute atomic E-state index is 13.4. The van der Waals surface area contributed by atoms with Crippen LogP contribution in [0.2, 0.25) is 0 Å². The lowest BCUT2D eigenvalue weighted by Gasteiger charge is -2.19. The van der Waals surface area contributed by atoms with Crippen LogP contribution in [-0.4, -0.2) is 16.7 Å². The first-order valence-electron chi connectivity index (χ1n) is 5.61. The fraction of sp³-hybridized carbons (Fsp3) is 0.357. The van der Waals surface area contributed by atoms with Gasteiger partial charge in [-0.05, 0) is 44.5 Å². The maximum atomic E-state index is 13.4. The Morgan fingerprint density at radius 1 is 1.44 bits per heavy atom. The smallest absolute Gasteiger partial charge is 0.328 e. The molecule has 0 saturated carbocycles. The molecule has 98 valence electrons. The van der Waals surface area contributed by atoms with Crippen LogP contribution in [0.15, 0.2) is 24.3 Å². The molecule has 0 amide bonds. The second-order valence-corrected chi connectivity index (χ2v) is 4.93. The summed E-state index contributed by atoms with van der Waals surface area (Å²) in [6.45, 7) is 6.16. The van der Waals surface area contributed by atoms with Gasteiger partial charge in [0.05, 0.1) is 12.2 Å². The molecule has 1 N–H and O–H groups in total. The Bertz CT molecular complexity index is 459. The van der Waals surface area contributed by atoms with E-state index < -0.39 is 11.8 Å². The second-order valence-electron chi connectivity index (χ2n) is 4.93. The molecule has 0 aromatic heterocycles. The van der Waals surface area contributed by atoms with Crippen LogP contribution in [0.1, 0.15) is 31.9 Å². The number of carbonyl (C=O) groups is 1. The Balaban J connectivity index is 2.84. The predicted molar refractivity (Wildman–Crippen MR) is 67.6 cm³/mol. The van der Waals surface area contributed by atoms with E-state index in [1.165, 1.54) is 12.1 Å². The number of carboxylic acid groups (broad SMARTS) is 1. The standard InChI is InChI=1S/C14H17FO3/c1-14(2,3)18-9-10-4-6-12(15)11(8-10)5-7-13(16)17/h4-8H,9H2,1-3H3,(H,16,17). The van der Waals surface area contributed by atoms with E-state index in [9.17, 15) is 9.18 Å². The quantitative estimate of drug-likeness (QED) is 0.837. The summed E-state index contributed by atoms with van der Waals surface area (Å²) in [5.74, 6) is -1.56. The highest BCUT2D eigenvalue weighted by Gasteiger charge is 2.10. The number of hydrogen-bond donors (Lipinski definition) is 1. The van der Waals surface area contributed by atoms with Crippen LogP contribution >= 0.6 is 0 Å².